The first-order valence-electron chi connectivity index (χ1n) is 10.3. The summed E-state index contributed by atoms with van der Waals surface area (Å²) < 4.78 is 39.1. The minimum absolute atomic E-state index is 0.0471. The van der Waals surface area contributed by atoms with Gasteiger partial charge in [0.25, 0.3) is 15.9 Å². The highest BCUT2D eigenvalue weighted by molar-refractivity contribution is 9.10. The monoisotopic (exact) mass is 579 g/mol. The normalized spacial score (nSPS) is 11.3. The second-order valence-corrected chi connectivity index (χ2v) is 10.4. The standard InChI is InChI=1S/C24H23BrClN3O5S/c1-16-20(26)10-7-11-21(16)29(35(31,32)18-8-5-4-6-9-18)15-23(30)28-27-14-17-12-19(25)24(34-3)22(13-17)33-2/h4-14H,15H2,1-3H3,(H,28,30)/b27-14-. The van der Waals surface area contributed by atoms with Crippen LogP contribution in [0, 0.1) is 6.92 Å². The number of anilines is 1. The number of hydrogen-bond acceptors (Lipinski definition) is 6. The highest BCUT2D eigenvalue weighted by Gasteiger charge is 2.28. The van der Waals surface area contributed by atoms with E-state index in [0.29, 0.717) is 37.8 Å². The predicted molar refractivity (Wildman–Crippen MR) is 140 cm³/mol. The van der Waals surface area contributed by atoms with E-state index in [9.17, 15) is 13.2 Å². The number of sulfonamides is 1. The van der Waals surface area contributed by atoms with E-state index in [1.807, 2.05) is 0 Å². The van der Waals surface area contributed by atoms with Gasteiger partial charge in [0.05, 0.1) is 35.5 Å². The topological polar surface area (TPSA) is 97.3 Å². The lowest BCUT2D eigenvalue weighted by Crippen LogP contribution is -2.40. The molecule has 0 spiro atoms. The molecule has 0 unspecified atom stereocenters. The number of ether oxygens (including phenoxy) is 2. The Morgan fingerprint density at radius 2 is 1.83 bits per heavy atom. The number of carbonyl (C=O) groups is 1. The third kappa shape index (κ3) is 6.14. The van der Waals surface area contributed by atoms with Gasteiger partial charge in [-0.05, 0) is 70.4 Å². The summed E-state index contributed by atoms with van der Waals surface area (Å²) in [6, 6.07) is 16.2. The Bertz CT molecular complexity index is 1350. The van der Waals surface area contributed by atoms with Crippen molar-refractivity contribution in [2.75, 3.05) is 25.1 Å². The van der Waals surface area contributed by atoms with Gasteiger partial charge in [0.1, 0.15) is 6.54 Å². The first-order chi connectivity index (χ1) is 16.7. The van der Waals surface area contributed by atoms with Crippen LogP contribution in [0.2, 0.25) is 5.02 Å². The second kappa shape index (κ2) is 11.6. The first-order valence-corrected chi connectivity index (χ1v) is 12.9. The minimum atomic E-state index is -4.06. The van der Waals surface area contributed by atoms with Gasteiger partial charge in [-0.25, -0.2) is 13.8 Å². The fraction of sp³-hybridized carbons (Fsp3) is 0.167. The third-order valence-corrected chi connectivity index (χ3v) is 7.76. The quantitative estimate of drug-likeness (QED) is 0.290. The summed E-state index contributed by atoms with van der Waals surface area (Å²) in [5.41, 5.74) is 3.82. The van der Waals surface area contributed by atoms with Crippen LogP contribution in [0.1, 0.15) is 11.1 Å². The Balaban J connectivity index is 1.87. The van der Waals surface area contributed by atoms with Crippen molar-refractivity contribution >= 4 is 55.4 Å². The molecule has 184 valence electrons. The summed E-state index contributed by atoms with van der Waals surface area (Å²) in [4.78, 5) is 12.8. The third-order valence-electron chi connectivity index (χ3n) is 4.98. The van der Waals surface area contributed by atoms with Crippen molar-refractivity contribution in [3.05, 3.63) is 81.3 Å². The van der Waals surface area contributed by atoms with Gasteiger partial charge in [0.2, 0.25) is 0 Å². The minimum Gasteiger partial charge on any atom is -0.493 e. The lowest BCUT2D eigenvalue weighted by Gasteiger charge is -2.25. The maximum absolute atomic E-state index is 13.4. The van der Waals surface area contributed by atoms with E-state index in [2.05, 4.69) is 26.5 Å². The van der Waals surface area contributed by atoms with Crippen LogP contribution in [-0.4, -0.2) is 41.3 Å². The Labute approximate surface area is 217 Å². The predicted octanol–water partition coefficient (Wildman–Crippen LogP) is 4.77. The number of carbonyl (C=O) groups excluding carboxylic acids is 1. The van der Waals surface area contributed by atoms with E-state index < -0.39 is 22.5 Å². The van der Waals surface area contributed by atoms with Crippen LogP contribution < -0.4 is 19.2 Å². The summed E-state index contributed by atoms with van der Waals surface area (Å²) in [6.45, 7) is 1.18. The zero-order chi connectivity index (χ0) is 25.6. The van der Waals surface area contributed by atoms with Gasteiger partial charge in [0, 0.05) is 5.02 Å². The molecule has 0 aliphatic heterocycles. The number of nitrogens with zero attached hydrogens (tertiary/aromatic N) is 2. The summed E-state index contributed by atoms with van der Waals surface area (Å²) >= 11 is 9.63. The number of nitrogens with one attached hydrogen (secondary N) is 1. The molecule has 0 heterocycles. The van der Waals surface area contributed by atoms with Gasteiger partial charge in [-0.1, -0.05) is 35.9 Å². The number of rotatable bonds is 9. The van der Waals surface area contributed by atoms with E-state index in [4.69, 9.17) is 21.1 Å². The van der Waals surface area contributed by atoms with Crippen LogP contribution in [-0.2, 0) is 14.8 Å². The van der Waals surface area contributed by atoms with Crippen molar-refractivity contribution in [2.24, 2.45) is 5.10 Å². The molecule has 8 nitrogen and oxygen atoms in total. The molecular weight excluding hydrogens is 558 g/mol. The molecule has 35 heavy (non-hydrogen) atoms. The maximum Gasteiger partial charge on any atom is 0.264 e. The van der Waals surface area contributed by atoms with Crippen molar-refractivity contribution in [1.29, 1.82) is 0 Å². The van der Waals surface area contributed by atoms with Gasteiger partial charge < -0.3 is 9.47 Å². The van der Waals surface area contributed by atoms with Crippen LogP contribution >= 0.6 is 27.5 Å². The molecule has 3 aromatic rings. The first kappa shape index (κ1) is 26.5. The van der Waals surface area contributed by atoms with Crippen LogP contribution in [0.4, 0.5) is 5.69 Å². The van der Waals surface area contributed by atoms with Gasteiger partial charge in [-0.2, -0.15) is 5.10 Å². The molecule has 0 fully saturated rings. The molecule has 1 amide bonds. The Morgan fingerprint density at radius 3 is 2.49 bits per heavy atom. The second-order valence-electron chi connectivity index (χ2n) is 7.24. The zero-order valence-electron chi connectivity index (χ0n) is 19.2. The van der Waals surface area contributed by atoms with E-state index in [1.54, 1.807) is 55.5 Å². The van der Waals surface area contributed by atoms with Gasteiger partial charge in [0.15, 0.2) is 11.5 Å². The van der Waals surface area contributed by atoms with E-state index >= 15 is 0 Å². The molecule has 0 radical (unpaired) electrons. The van der Waals surface area contributed by atoms with Gasteiger partial charge in [-0.15, -0.1) is 0 Å². The Morgan fingerprint density at radius 1 is 1.11 bits per heavy atom. The Kier molecular flexibility index (Phi) is 8.76. The molecule has 0 aliphatic carbocycles. The molecule has 0 saturated heterocycles. The molecule has 3 aromatic carbocycles. The summed E-state index contributed by atoms with van der Waals surface area (Å²) in [6.07, 6.45) is 1.41. The molecule has 0 saturated carbocycles. The number of halogens is 2. The van der Waals surface area contributed by atoms with Crippen LogP contribution in [0.15, 0.2) is 75.1 Å². The van der Waals surface area contributed by atoms with Crippen LogP contribution in [0.25, 0.3) is 0 Å². The number of hydrazone groups is 1. The summed E-state index contributed by atoms with van der Waals surface area (Å²) in [5, 5.41) is 4.35. The molecule has 1 N–H and O–H groups in total. The fourth-order valence-electron chi connectivity index (χ4n) is 3.24. The van der Waals surface area contributed by atoms with Gasteiger partial charge >= 0.3 is 0 Å². The maximum atomic E-state index is 13.4. The highest BCUT2D eigenvalue weighted by atomic mass is 79.9. The van der Waals surface area contributed by atoms with E-state index in [-0.39, 0.29) is 4.90 Å². The van der Waals surface area contributed by atoms with Crippen LogP contribution in [0.5, 0.6) is 11.5 Å². The lowest BCUT2D eigenvalue weighted by atomic mass is 10.2. The summed E-state index contributed by atoms with van der Waals surface area (Å²) in [5.74, 6) is 0.359. The molecular formula is C24H23BrClN3O5S. The van der Waals surface area contributed by atoms with E-state index in [1.165, 1.54) is 32.6 Å². The number of benzene rings is 3. The fourth-order valence-corrected chi connectivity index (χ4v) is 5.53. The van der Waals surface area contributed by atoms with Gasteiger partial charge in [-0.3, -0.25) is 9.10 Å². The highest BCUT2D eigenvalue weighted by Crippen LogP contribution is 2.36. The molecule has 3 rings (SSSR count). The van der Waals surface area contributed by atoms with Crippen molar-refractivity contribution in [1.82, 2.24) is 5.43 Å². The Hall–Kier alpha value is -3.08. The molecule has 0 bridgehead atoms. The molecule has 11 heteroatoms. The SMILES string of the molecule is COc1cc(/C=N\NC(=O)CN(c2cccc(Cl)c2C)S(=O)(=O)c2ccccc2)cc(Br)c1OC. The molecule has 0 aromatic heterocycles. The van der Waals surface area contributed by atoms with Crippen molar-refractivity contribution < 1.29 is 22.7 Å². The van der Waals surface area contributed by atoms with Crippen molar-refractivity contribution in [2.45, 2.75) is 11.8 Å². The van der Waals surface area contributed by atoms with Crippen molar-refractivity contribution in [3.63, 3.8) is 0 Å². The van der Waals surface area contributed by atoms with Crippen LogP contribution in [0.3, 0.4) is 0 Å². The lowest BCUT2D eigenvalue weighted by molar-refractivity contribution is -0.119. The van der Waals surface area contributed by atoms with Crippen molar-refractivity contribution in [3.8, 4) is 11.5 Å². The average Bonchev–Trinajstić information content (AvgIpc) is 2.84. The molecule has 0 aliphatic rings. The zero-order valence-corrected chi connectivity index (χ0v) is 22.3. The average molecular weight is 581 g/mol. The number of methoxy groups -OCH3 is 2. The van der Waals surface area contributed by atoms with E-state index in [0.717, 1.165) is 4.31 Å². The number of amides is 1. The summed E-state index contributed by atoms with van der Waals surface area (Å²) in [7, 11) is -1.03. The number of hydrogen-bond donors (Lipinski definition) is 1. The molecule has 0 atom stereocenters. The smallest absolute Gasteiger partial charge is 0.264 e. The largest absolute Gasteiger partial charge is 0.493 e.